The van der Waals surface area contributed by atoms with E-state index in [1.807, 2.05) is 4.68 Å². The second-order valence-electron chi connectivity index (χ2n) is 5.69. The summed E-state index contributed by atoms with van der Waals surface area (Å²) in [6.07, 6.45) is 5.89. The molecule has 1 saturated carbocycles. The van der Waals surface area contributed by atoms with Crippen molar-refractivity contribution in [3.63, 3.8) is 0 Å². The molecule has 6 heteroatoms. The minimum absolute atomic E-state index is 0.552. The average molecular weight is 329 g/mol. The molecular weight excluding hydrogens is 304 g/mol. The van der Waals surface area contributed by atoms with Crippen LogP contribution in [-0.2, 0) is 19.5 Å². The van der Waals surface area contributed by atoms with Crippen LogP contribution in [-0.4, -0.2) is 32.3 Å². The van der Waals surface area contributed by atoms with E-state index in [9.17, 15) is 0 Å². The van der Waals surface area contributed by atoms with E-state index in [2.05, 4.69) is 23.8 Å². The summed E-state index contributed by atoms with van der Waals surface area (Å²) in [4.78, 5) is 2.93. The molecule has 1 aliphatic rings. The molecule has 0 aliphatic heterocycles. The number of aromatic nitrogens is 2. The lowest BCUT2D eigenvalue weighted by Crippen LogP contribution is -2.39. The summed E-state index contributed by atoms with van der Waals surface area (Å²) in [5.41, 5.74) is 7.87. The second-order valence-corrected chi connectivity index (χ2v) is 6.59. The predicted octanol–water partition coefficient (Wildman–Crippen LogP) is 3.15. The molecule has 1 aromatic rings. The Labute approximate surface area is 137 Å². The molecule has 0 radical (unpaired) electrons. The molecule has 1 heterocycles. The second kappa shape index (κ2) is 7.56. The number of hydrogen-bond acceptors (Lipinski definition) is 3. The lowest BCUT2D eigenvalue weighted by atomic mass is 10.2. The van der Waals surface area contributed by atoms with Gasteiger partial charge in [0, 0.05) is 25.7 Å². The summed E-state index contributed by atoms with van der Waals surface area (Å²) >= 11 is 11.6. The highest BCUT2D eigenvalue weighted by atomic mass is 35.5. The molecule has 21 heavy (non-hydrogen) atoms. The topological polar surface area (TPSA) is 47.1 Å². The first-order valence-corrected chi connectivity index (χ1v) is 8.61. The van der Waals surface area contributed by atoms with Gasteiger partial charge < -0.3 is 5.73 Å². The van der Waals surface area contributed by atoms with E-state index in [-0.39, 0.29) is 0 Å². The molecule has 0 unspecified atom stereocenters. The first kappa shape index (κ1) is 16.7. The van der Waals surface area contributed by atoms with Crippen LogP contribution in [0.2, 0.25) is 5.02 Å². The van der Waals surface area contributed by atoms with Crippen molar-refractivity contribution in [2.45, 2.75) is 65.1 Å². The summed E-state index contributed by atoms with van der Waals surface area (Å²) in [5.74, 6) is 0. The van der Waals surface area contributed by atoms with E-state index in [1.165, 1.54) is 25.7 Å². The Balaban J connectivity index is 2.22. The number of nitrogens with two attached hydrogens (primary N) is 1. The standard InChI is InChI=1S/C15H25ClN4S/c1-3-12-15(16)13(20(4-2)18-12)9-19(10-14(17)21)11-7-5-6-8-11/h11H,3-10H2,1-2H3,(H2,17,21). The van der Waals surface area contributed by atoms with Gasteiger partial charge in [0.05, 0.1) is 21.4 Å². The van der Waals surface area contributed by atoms with Crippen LogP contribution in [0.1, 0.15) is 50.9 Å². The summed E-state index contributed by atoms with van der Waals surface area (Å²) in [6.45, 7) is 6.45. The summed E-state index contributed by atoms with van der Waals surface area (Å²) in [5, 5.41) is 5.41. The number of rotatable bonds is 7. The number of thiocarbonyl (C=S) groups is 1. The van der Waals surface area contributed by atoms with Crippen molar-refractivity contribution in [2.75, 3.05) is 6.54 Å². The third-order valence-electron chi connectivity index (χ3n) is 4.25. The maximum absolute atomic E-state index is 6.52. The van der Waals surface area contributed by atoms with Gasteiger partial charge in [-0.2, -0.15) is 5.10 Å². The molecule has 4 nitrogen and oxygen atoms in total. The molecule has 0 saturated heterocycles. The van der Waals surface area contributed by atoms with E-state index >= 15 is 0 Å². The normalized spacial score (nSPS) is 16.0. The Morgan fingerprint density at radius 3 is 2.62 bits per heavy atom. The van der Waals surface area contributed by atoms with E-state index in [1.54, 1.807) is 0 Å². The largest absolute Gasteiger partial charge is 0.392 e. The van der Waals surface area contributed by atoms with Gasteiger partial charge in [-0.15, -0.1) is 0 Å². The van der Waals surface area contributed by atoms with Gasteiger partial charge in [0.25, 0.3) is 0 Å². The maximum atomic E-state index is 6.52. The Kier molecular flexibility index (Phi) is 6.02. The number of nitrogens with zero attached hydrogens (tertiary/aromatic N) is 3. The molecule has 1 aromatic heterocycles. The molecule has 118 valence electrons. The smallest absolute Gasteiger partial charge is 0.0870 e. The fraction of sp³-hybridized carbons (Fsp3) is 0.733. The summed E-state index contributed by atoms with van der Waals surface area (Å²) in [6, 6.07) is 0.563. The maximum Gasteiger partial charge on any atom is 0.0870 e. The third kappa shape index (κ3) is 3.96. The van der Waals surface area contributed by atoms with Crippen LogP contribution in [0.15, 0.2) is 0 Å². The molecule has 0 bridgehead atoms. The molecule has 0 atom stereocenters. The summed E-state index contributed by atoms with van der Waals surface area (Å²) < 4.78 is 2.02. The third-order valence-corrected chi connectivity index (χ3v) is 4.81. The van der Waals surface area contributed by atoms with E-state index in [4.69, 9.17) is 29.6 Å². The van der Waals surface area contributed by atoms with Crippen LogP contribution >= 0.6 is 23.8 Å². The van der Waals surface area contributed by atoms with Crippen LogP contribution < -0.4 is 5.73 Å². The Bertz CT molecular complexity index is 494. The molecule has 0 spiro atoms. The number of aryl methyl sites for hydroxylation is 2. The zero-order valence-corrected chi connectivity index (χ0v) is 14.5. The highest BCUT2D eigenvalue weighted by Crippen LogP contribution is 2.28. The number of halogens is 1. The lowest BCUT2D eigenvalue weighted by Gasteiger charge is -2.28. The molecule has 1 aliphatic carbocycles. The van der Waals surface area contributed by atoms with E-state index in [0.29, 0.717) is 17.6 Å². The van der Waals surface area contributed by atoms with Crippen molar-refractivity contribution in [1.82, 2.24) is 14.7 Å². The van der Waals surface area contributed by atoms with Crippen LogP contribution in [0, 0.1) is 0 Å². The Hall–Kier alpha value is -0.650. The van der Waals surface area contributed by atoms with Crippen molar-refractivity contribution in [2.24, 2.45) is 5.73 Å². The van der Waals surface area contributed by atoms with Crippen molar-refractivity contribution < 1.29 is 0 Å². The van der Waals surface area contributed by atoms with E-state index < -0.39 is 0 Å². The SMILES string of the molecule is CCc1nn(CC)c(CN(CC(N)=S)C2CCCC2)c1Cl. The molecule has 0 aromatic carbocycles. The molecule has 1 fully saturated rings. The summed E-state index contributed by atoms with van der Waals surface area (Å²) in [7, 11) is 0. The van der Waals surface area contributed by atoms with Gasteiger partial charge in [-0.3, -0.25) is 9.58 Å². The van der Waals surface area contributed by atoms with Crippen LogP contribution in [0.4, 0.5) is 0 Å². The number of hydrogen-bond donors (Lipinski definition) is 1. The zero-order valence-electron chi connectivity index (χ0n) is 12.9. The monoisotopic (exact) mass is 328 g/mol. The van der Waals surface area contributed by atoms with Crippen molar-refractivity contribution in [1.29, 1.82) is 0 Å². The Morgan fingerprint density at radius 2 is 2.10 bits per heavy atom. The zero-order chi connectivity index (χ0) is 15.4. The molecular formula is C15H25ClN4S. The highest BCUT2D eigenvalue weighted by molar-refractivity contribution is 7.80. The van der Waals surface area contributed by atoms with Crippen LogP contribution in [0.25, 0.3) is 0 Å². The van der Waals surface area contributed by atoms with Gasteiger partial charge in [0.1, 0.15) is 0 Å². The van der Waals surface area contributed by atoms with E-state index in [0.717, 1.165) is 35.9 Å². The molecule has 0 amide bonds. The van der Waals surface area contributed by atoms with Gasteiger partial charge in [-0.1, -0.05) is 43.6 Å². The fourth-order valence-electron chi connectivity index (χ4n) is 3.14. The van der Waals surface area contributed by atoms with Gasteiger partial charge in [0.2, 0.25) is 0 Å². The molecule has 2 rings (SSSR count). The van der Waals surface area contributed by atoms with Crippen LogP contribution in [0.5, 0.6) is 0 Å². The lowest BCUT2D eigenvalue weighted by molar-refractivity contribution is 0.212. The quantitative estimate of drug-likeness (QED) is 0.781. The van der Waals surface area contributed by atoms with Gasteiger partial charge in [-0.05, 0) is 26.2 Å². The highest BCUT2D eigenvalue weighted by Gasteiger charge is 2.25. The Morgan fingerprint density at radius 1 is 1.43 bits per heavy atom. The molecule has 2 N–H and O–H groups in total. The fourth-order valence-corrected chi connectivity index (χ4v) is 3.64. The van der Waals surface area contributed by atoms with Crippen molar-refractivity contribution >= 4 is 28.8 Å². The predicted molar refractivity (Wildman–Crippen MR) is 91.7 cm³/mol. The van der Waals surface area contributed by atoms with Crippen molar-refractivity contribution in [3.05, 3.63) is 16.4 Å². The van der Waals surface area contributed by atoms with Gasteiger partial charge in [0.15, 0.2) is 0 Å². The minimum Gasteiger partial charge on any atom is -0.392 e. The van der Waals surface area contributed by atoms with Crippen molar-refractivity contribution in [3.8, 4) is 0 Å². The van der Waals surface area contributed by atoms with Gasteiger partial charge >= 0.3 is 0 Å². The van der Waals surface area contributed by atoms with Crippen LogP contribution in [0.3, 0.4) is 0 Å². The minimum atomic E-state index is 0.552. The first-order chi connectivity index (χ1) is 10.1. The first-order valence-electron chi connectivity index (χ1n) is 7.83. The average Bonchev–Trinajstić information content (AvgIpc) is 3.07. The van der Waals surface area contributed by atoms with Gasteiger partial charge in [-0.25, -0.2) is 0 Å².